The summed E-state index contributed by atoms with van der Waals surface area (Å²) in [5, 5.41) is 8.77. The Balaban J connectivity index is 2.19. The molecule has 1 aliphatic rings. The van der Waals surface area contributed by atoms with Gasteiger partial charge in [-0.3, -0.25) is 9.69 Å². The molecule has 1 aromatic carbocycles. The molecule has 2 rings (SSSR count). The predicted molar refractivity (Wildman–Crippen MR) is 63.7 cm³/mol. The number of likely N-dealkylation sites (tertiary alicyclic amines) is 1. The van der Waals surface area contributed by atoms with Crippen molar-refractivity contribution < 1.29 is 9.18 Å². The fourth-order valence-corrected chi connectivity index (χ4v) is 2.34. The Morgan fingerprint density at radius 3 is 3.06 bits per heavy atom. The van der Waals surface area contributed by atoms with Crippen LogP contribution in [0.15, 0.2) is 18.2 Å². The van der Waals surface area contributed by atoms with Gasteiger partial charge < -0.3 is 5.73 Å². The summed E-state index contributed by atoms with van der Waals surface area (Å²) in [6, 6.07) is 6.20. The molecule has 1 amide bonds. The normalized spacial score (nSPS) is 19.7. The van der Waals surface area contributed by atoms with Crippen molar-refractivity contribution in [1.29, 1.82) is 5.26 Å². The van der Waals surface area contributed by atoms with E-state index in [2.05, 4.69) is 0 Å². The van der Waals surface area contributed by atoms with Gasteiger partial charge in [-0.15, -0.1) is 0 Å². The number of hydrogen-bond donors (Lipinski definition) is 1. The number of nitriles is 1. The van der Waals surface area contributed by atoms with Crippen LogP contribution in [0.3, 0.4) is 0 Å². The monoisotopic (exact) mass is 247 g/mol. The molecular formula is C13H14FN3O. The minimum Gasteiger partial charge on any atom is -0.368 e. The molecule has 0 spiro atoms. The van der Waals surface area contributed by atoms with E-state index in [1.165, 1.54) is 6.07 Å². The van der Waals surface area contributed by atoms with Crippen LogP contribution in [0.5, 0.6) is 0 Å². The fourth-order valence-electron chi connectivity index (χ4n) is 2.34. The van der Waals surface area contributed by atoms with Crippen molar-refractivity contribution in [2.75, 3.05) is 6.54 Å². The third-order valence-electron chi connectivity index (χ3n) is 3.26. The molecule has 0 aromatic heterocycles. The van der Waals surface area contributed by atoms with Gasteiger partial charge in [0, 0.05) is 12.1 Å². The second-order valence-corrected chi connectivity index (χ2v) is 4.42. The zero-order valence-electron chi connectivity index (χ0n) is 9.90. The number of carbonyl (C=O) groups excluding carboxylic acids is 1. The number of rotatable bonds is 3. The maximum absolute atomic E-state index is 13.9. The summed E-state index contributed by atoms with van der Waals surface area (Å²) in [7, 11) is 0. The third-order valence-corrected chi connectivity index (χ3v) is 3.26. The number of hydrogen-bond acceptors (Lipinski definition) is 3. The SMILES string of the molecule is N#Cc1cccc(CN2CCCC2C(N)=O)c1F. The maximum atomic E-state index is 13.9. The van der Waals surface area contributed by atoms with Crippen LogP contribution in [0.4, 0.5) is 4.39 Å². The molecule has 0 saturated carbocycles. The average molecular weight is 247 g/mol. The van der Waals surface area contributed by atoms with Crippen molar-refractivity contribution >= 4 is 5.91 Å². The first-order valence-corrected chi connectivity index (χ1v) is 5.84. The number of amides is 1. The molecule has 5 heteroatoms. The molecule has 2 N–H and O–H groups in total. The zero-order valence-corrected chi connectivity index (χ0v) is 9.90. The van der Waals surface area contributed by atoms with E-state index in [0.29, 0.717) is 12.1 Å². The molecule has 0 radical (unpaired) electrons. The van der Waals surface area contributed by atoms with Crippen molar-refractivity contribution in [3.05, 3.63) is 35.1 Å². The lowest BCUT2D eigenvalue weighted by molar-refractivity contribution is -0.122. The molecule has 1 saturated heterocycles. The highest BCUT2D eigenvalue weighted by Crippen LogP contribution is 2.22. The number of nitrogens with zero attached hydrogens (tertiary/aromatic N) is 2. The van der Waals surface area contributed by atoms with Crippen LogP contribution < -0.4 is 5.73 Å². The van der Waals surface area contributed by atoms with E-state index in [-0.39, 0.29) is 17.5 Å². The van der Waals surface area contributed by atoms with Gasteiger partial charge in [0.15, 0.2) is 0 Å². The summed E-state index contributed by atoms with van der Waals surface area (Å²) in [6.07, 6.45) is 1.60. The molecule has 18 heavy (non-hydrogen) atoms. The molecule has 0 aliphatic carbocycles. The highest BCUT2D eigenvalue weighted by molar-refractivity contribution is 5.80. The van der Waals surface area contributed by atoms with Gasteiger partial charge in [-0.2, -0.15) is 5.26 Å². The Labute approximate surface area is 105 Å². The van der Waals surface area contributed by atoms with E-state index in [9.17, 15) is 9.18 Å². The van der Waals surface area contributed by atoms with Crippen molar-refractivity contribution in [3.8, 4) is 6.07 Å². The van der Waals surface area contributed by atoms with Crippen LogP contribution in [0, 0.1) is 17.1 Å². The van der Waals surface area contributed by atoms with E-state index < -0.39 is 5.82 Å². The lowest BCUT2D eigenvalue weighted by atomic mass is 10.1. The molecule has 1 aromatic rings. The van der Waals surface area contributed by atoms with Gasteiger partial charge in [-0.05, 0) is 25.5 Å². The largest absolute Gasteiger partial charge is 0.368 e. The second kappa shape index (κ2) is 5.15. The number of carbonyl (C=O) groups is 1. The number of primary amides is 1. The van der Waals surface area contributed by atoms with Crippen molar-refractivity contribution in [3.63, 3.8) is 0 Å². The molecule has 0 bridgehead atoms. The van der Waals surface area contributed by atoms with Gasteiger partial charge in [0.05, 0.1) is 11.6 Å². The van der Waals surface area contributed by atoms with Crippen LogP contribution >= 0.6 is 0 Å². The van der Waals surface area contributed by atoms with Crippen LogP contribution in [0.1, 0.15) is 24.0 Å². The van der Waals surface area contributed by atoms with Crippen LogP contribution in [-0.2, 0) is 11.3 Å². The summed E-state index contributed by atoms with van der Waals surface area (Å²) in [6.45, 7) is 1.04. The lowest BCUT2D eigenvalue weighted by Gasteiger charge is -2.22. The second-order valence-electron chi connectivity index (χ2n) is 4.42. The summed E-state index contributed by atoms with van der Waals surface area (Å²) in [5.41, 5.74) is 5.77. The molecular weight excluding hydrogens is 233 g/mol. The standard InChI is InChI=1S/C13H14FN3O/c14-12-9(7-15)3-1-4-10(12)8-17-6-2-5-11(17)13(16)18/h1,3-4,11H,2,5-6,8H2,(H2,16,18). The molecule has 1 atom stereocenters. The quantitative estimate of drug-likeness (QED) is 0.871. The minimum atomic E-state index is -0.505. The van der Waals surface area contributed by atoms with Gasteiger partial charge in [0.2, 0.25) is 5.91 Å². The van der Waals surface area contributed by atoms with Gasteiger partial charge in [-0.25, -0.2) is 4.39 Å². The minimum absolute atomic E-state index is 0.0299. The highest BCUT2D eigenvalue weighted by atomic mass is 19.1. The molecule has 94 valence electrons. The number of benzene rings is 1. The van der Waals surface area contributed by atoms with Crippen molar-refractivity contribution in [2.24, 2.45) is 5.73 Å². The van der Waals surface area contributed by atoms with Gasteiger partial charge in [-0.1, -0.05) is 12.1 Å². The fraction of sp³-hybridized carbons (Fsp3) is 0.385. The Bertz CT molecular complexity index is 509. The Hall–Kier alpha value is -1.93. The zero-order chi connectivity index (χ0) is 13.1. The topological polar surface area (TPSA) is 70.1 Å². The summed E-state index contributed by atoms with van der Waals surface area (Å²) < 4.78 is 13.9. The highest BCUT2D eigenvalue weighted by Gasteiger charge is 2.29. The molecule has 1 heterocycles. The van der Waals surface area contributed by atoms with Crippen molar-refractivity contribution in [1.82, 2.24) is 4.90 Å². The maximum Gasteiger partial charge on any atom is 0.234 e. The first-order valence-electron chi connectivity index (χ1n) is 5.84. The van der Waals surface area contributed by atoms with Gasteiger partial charge >= 0.3 is 0 Å². The lowest BCUT2D eigenvalue weighted by Crippen LogP contribution is -2.39. The van der Waals surface area contributed by atoms with E-state index in [4.69, 9.17) is 11.0 Å². The average Bonchev–Trinajstić information content (AvgIpc) is 2.80. The molecule has 1 unspecified atom stereocenters. The van der Waals surface area contributed by atoms with E-state index in [1.54, 1.807) is 12.1 Å². The van der Waals surface area contributed by atoms with E-state index in [1.807, 2.05) is 11.0 Å². The Morgan fingerprint density at radius 2 is 2.39 bits per heavy atom. The molecule has 4 nitrogen and oxygen atoms in total. The third kappa shape index (κ3) is 2.34. The molecule has 1 aliphatic heterocycles. The Morgan fingerprint density at radius 1 is 1.61 bits per heavy atom. The summed E-state index contributed by atoms with van der Waals surface area (Å²) in [4.78, 5) is 13.1. The van der Waals surface area contributed by atoms with E-state index in [0.717, 1.165) is 19.4 Å². The number of nitrogens with two attached hydrogens (primary N) is 1. The van der Waals surface area contributed by atoms with Gasteiger partial charge in [0.1, 0.15) is 11.9 Å². The number of halogens is 1. The first-order chi connectivity index (χ1) is 8.63. The van der Waals surface area contributed by atoms with Crippen LogP contribution in [0.2, 0.25) is 0 Å². The molecule has 1 fully saturated rings. The Kier molecular flexibility index (Phi) is 3.58. The summed E-state index contributed by atoms with van der Waals surface area (Å²) in [5.74, 6) is -0.875. The van der Waals surface area contributed by atoms with Crippen molar-refractivity contribution in [2.45, 2.75) is 25.4 Å². The van der Waals surface area contributed by atoms with Crippen LogP contribution in [-0.4, -0.2) is 23.4 Å². The predicted octanol–water partition coefficient (Wildman–Crippen LogP) is 1.15. The van der Waals surface area contributed by atoms with Crippen LogP contribution in [0.25, 0.3) is 0 Å². The summed E-state index contributed by atoms with van der Waals surface area (Å²) >= 11 is 0. The van der Waals surface area contributed by atoms with Gasteiger partial charge in [0.25, 0.3) is 0 Å². The van der Waals surface area contributed by atoms with E-state index >= 15 is 0 Å². The first kappa shape index (κ1) is 12.5. The smallest absolute Gasteiger partial charge is 0.234 e.